The number of sulfonamides is 1. The van der Waals surface area contributed by atoms with Gasteiger partial charge >= 0.3 is 11.7 Å². The van der Waals surface area contributed by atoms with Gasteiger partial charge in [0.15, 0.2) is 0 Å². The van der Waals surface area contributed by atoms with Gasteiger partial charge in [0.05, 0.1) is 16.3 Å². The minimum Gasteiger partial charge on any atom is -0.463 e. The molecule has 286 valence electrons. The molecule has 4 aromatic rings. The molecule has 0 aliphatic heterocycles. The lowest BCUT2D eigenvalue weighted by molar-refractivity contribution is -0.146. The van der Waals surface area contributed by atoms with Crippen LogP contribution in [0.5, 0.6) is 0 Å². The summed E-state index contributed by atoms with van der Waals surface area (Å²) >= 11 is 0. The Kier molecular flexibility index (Phi) is 12.4. The lowest BCUT2D eigenvalue weighted by Gasteiger charge is -2.21. The van der Waals surface area contributed by atoms with Crippen LogP contribution in [0, 0.1) is 11.6 Å². The highest BCUT2D eigenvalue weighted by molar-refractivity contribution is 7.92. The van der Waals surface area contributed by atoms with Crippen LogP contribution in [0.2, 0.25) is 0 Å². The number of carbonyl (C=O) groups excluding carboxylic acids is 3. The molecule has 0 radical (unpaired) electrons. The highest BCUT2D eigenvalue weighted by Gasteiger charge is 2.28. The van der Waals surface area contributed by atoms with E-state index in [4.69, 9.17) is 4.74 Å². The van der Waals surface area contributed by atoms with E-state index in [1.165, 1.54) is 72.4 Å². The maximum absolute atomic E-state index is 15.4. The van der Waals surface area contributed by atoms with E-state index < -0.39 is 62.1 Å². The molecule has 5 rings (SSSR count). The molecule has 0 saturated heterocycles. The van der Waals surface area contributed by atoms with E-state index in [2.05, 4.69) is 15.4 Å². The van der Waals surface area contributed by atoms with Crippen molar-refractivity contribution in [1.82, 2.24) is 24.7 Å². The van der Waals surface area contributed by atoms with E-state index in [1.807, 2.05) is 18.7 Å². The lowest BCUT2D eigenvalue weighted by atomic mass is 10.0. The fraction of sp³-hybridized carbons (Fsp3) is 0.324. The van der Waals surface area contributed by atoms with Crippen LogP contribution in [0.15, 0.2) is 87.4 Å². The predicted octanol–water partition coefficient (Wildman–Crippen LogP) is 2.73. The third kappa shape index (κ3) is 9.64. The van der Waals surface area contributed by atoms with Gasteiger partial charge in [0.2, 0.25) is 0 Å². The molecule has 1 aliphatic rings. The summed E-state index contributed by atoms with van der Waals surface area (Å²) in [5.41, 5.74) is -1.78. The largest absolute Gasteiger partial charge is 0.463 e. The number of aromatic nitrogens is 2. The van der Waals surface area contributed by atoms with Crippen LogP contribution in [-0.4, -0.2) is 78.6 Å². The van der Waals surface area contributed by atoms with Crippen LogP contribution in [0.3, 0.4) is 0 Å². The second-order valence-electron chi connectivity index (χ2n) is 12.7. The minimum atomic E-state index is -4.36. The molecule has 1 fully saturated rings. The number of anilines is 1. The van der Waals surface area contributed by atoms with Gasteiger partial charge < -0.3 is 24.8 Å². The number of hydrogen-bond donors (Lipinski definition) is 3. The van der Waals surface area contributed by atoms with E-state index in [1.54, 1.807) is 0 Å². The van der Waals surface area contributed by atoms with E-state index in [9.17, 15) is 32.4 Å². The minimum absolute atomic E-state index is 0.0278. The smallest absolute Gasteiger partial charge is 0.335 e. The van der Waals surface area contributed by atoms with Crippen molar-refractivity contribution in [3.05, 3.63) is 122 Å². The van der Waals surface area contributed by atoms with E-state index in [0.717, 1.165) is 17.4 Å². The highest BCUT2D eigenvalue weighted by Crippen LogP contribution is 2.24. The van der Waals surface area contributed by atoms with Crippen molar-refractivity contribution in [2.24, 2.45) is 7.05 Å². The monoisotopic (exact) mass is 766 g/mol. The molecule has 1 aliphatic carbocycles. The number of rotatable bonds is 16. The number of likely N-dealkylation sites (N-methyl/N-ethyl adjacent to an activating group) is 1. The summed E-state index contributed by atoms with van der Waals surface area (Å²) in [5, 5.41) is 5.12. The Labute approximate surface area is 309 Å². The first kappa shape index (κ1) is 39.5. The first-order chi connectivity index (χ1) is 25.7. The summed E-state index contributed by atoms with van der Waals surface area (Å²) in [4.78, 5) is 65.5. The Bertz CT molecular complexity index is 2230. The third-order valence-electron chi connectivity index (χ3n) is 8.79. The van der Waals surface area contributed by atoms with Gasteiger partial charge in [-0.25, -0.2) is 31.4 Å². The Morgan fingerprint density at radius 2 is 1.56 bits per heavy atom. The summed E-state index contributed by atoms with van der Waals surface area (Å²) in [6, 6.07) is 12.1. The van der Waals surface area contributed by atoms with Crippen LogP contribution in [0.25, 0.3) is 5.69 Å². The Hall–Kier alpha value is -5.68. The van der Waals surface area contributed by atoms with Crippen molar-refractivity contribution < 1.29 is 36.3 Å². The molecule has 0 spiro atoms. The number of benzene rings is 3. The molecule has 14 nitrogen and oxygen atoms in total. The van der Waals surface area contributed by atoms with Crippen LogP contribution in [0.4, 0.5) is 14.5 Å². The molecule has 0 unspecified atom stereocenters. The van der Waals surface area contributed by atoms with Crippen LogP contribution < -0.4 is 26.6 Å². The maximum atomic E-state index is 15.4. The number of halogens is 2. The Balaban J connectivity index is 1.33. The molecule has 3 aromatic carbocycles. The third-order valence-corrected chi connectivity index (χ3v) is 10.2. The van der Waals surface area contributed by atoms with Crippen LogP contribution >= 0.6 is 0 Å². The van der Waals surface area contributed by atoms with Crippen molar-refractivity contribution in [3.8, 4) is 5.69 Å². The molecule has 1 saturated carbocycles. The summed E-state index contributed by atoms with van der Waals surface area (Å²) in [7, 11) is -2.87. The van der Waals surface area contributed by atoms with Gasteiger partial charge in [-0.3, -0.25) is 19.1 Å². The van der Waals surface area contributed by atoms with Crippen molar-refractivity contribution in [1.29, 1.82) is 0 Å². The fourth-order valence-electron chi connectivity index (χ4n) is 5.50. The van der Waals surface area contributed by atoms with E-state index >= 15 is 8.78 Å². The second-order valence-corrected chi connectivity index (χ2v) is 14.3. The zero-order valence-corrected chi connectivity index (χ0v) is 30.6. The second kappa shape index (κ2) is 17.0. The number of esters is 1. The number of aryl methyl sites for hydroxylation is 1. The molecule has 17 heteroatoms. The number of nitrogens with one attached hydrogen (secondary N) is 3. The molecule has 54 heavy (non-hydrogen) atoms. The fourth-order valence-corrected chi connectivity index (χ4v) is 6.55. The SMILES string of the molecule is CCN(CC)CCOC(=O)[C@H](Cc1ccc(-n2c(=O)ccn(C)c2=O)cc1)NC(=O)c1c(F)cc(NS(=O)(=O)c2ccc(C(=O)NC3CC3)cc2)cc1F. The standard InChI is InChI=1S/C37H40F2N6O8S/c1-4-44(5-2)18-19-53-36(49)31(20-23-6-12-27(13-7-23)45-32(46)16-17-43(3)37(45)50)41-35(48)33-29(38)21-26(22-30(33)39)42-54(51,52)28-14-8-24(9-15-28)34(47)40-25-10-11-25/h6-9,12-17,21-22,25,31,42H,4-5,10-11,18-20H2,1-3H3,(H,40,47)(H,41,48)/t31-/m0/s1. The molecular formula is C37H40F2N6O8S. The molecule has 1 aromatic heterocycles. The first-order valence-electron chi connectivity index (χ1n) is 17.2. The zero-order valence-electron chi connectivity index (χ0n) is 29.8. The Morgan fingerprint density at radius 3 is 2.15 bits per heavy atom. The summed E-state index contributed by atoms with van der Waals surface area (Å²) in [5.74, 6) is -5.36. The van der Waals surface area contributed by atoms with Gasteiger partial charge in [-0.15, -0.1) is 0 Å². The van der Waals surface area contributed by atoms with Gasteiger partial charge in [-0.2, -0.15) is 0 Å². The van der Waals surface area contributed by atoms with Crippen molar-refractivity contribution in [2.45, 2.75) is 50.1 Å². The first-order valence-corrected chi connectivity index (χ1v) is 18.7. The van der Waals surface area contributed by atoms with Gasteiger partial charge in [0.25, 0.3) is 27.4 Å². The number of hydrogen-bond acceptors (Lipinski definition) is 9. The summed E-state index contributed by atoms with van der Waals surface area (Å²) in [6.07, 6.45) is 2.89. The van der Waals surface area contributed by atoms with Gasteiger partial charge in [0.1, 0.15) is 29.8 Å². The molecular weight excluding hydrogens is 727 g/mol. The summed E-state index contributed by atoms with van der Waals surface area (Å²) in [6.45, 7) is 5.64. The summed E-state index contributed by atoms with van der Waals surface area (Å²) < 4.78 is 66.4. The topological polar surface area (TPSA) is 178 Å². The Morgan fingerprint density at radius 1 is 0.926 bits per heavy atom. The molecule has 3 N–H and O–H groups in total. The van der Waals surface area contributed by atoms with Crippen molar-refractivity contribution >= 4 is 33.5 Å². The van der Waals surface area contributed by atoms with Gasteiger partial charge in [-0.05, 0) is 80.0 Å². The normalized spacial score (nSPS) is 13.3. The maximum Gasteiger partial charge on any atom is 0.335 e. The molecule has 1 atom stereocenters. The average molecular weight is 767 g/mol. The molecule has 1 heterocycles. The van der Waals surface area contributed by atoms with Crippen LogP contribution in [-0.2, 0) is 33.0 Å². The molecule has 2 amide bonds. The van der Waals surface area contributed by atoms with Crippen molar-refractivity contribution in [2.75, 3.05) is 31.0 Å². The zero-order chi connectivity index (χ0) is 39.2. The number of carbonyl (C=O) groups is 3. The quantitative estimate of drug-likeness (QED) is 0.145. The predicted molar refractivity (Wildman–Crippen MR) is 195 cm³/mol. The van der Waals surface area contributed by atoms with E-state index in [-0.39, 0.29) is 41.1 Å². The van der Waals surface area contributed by atoms with Crippen LogP contribution in [0.1, 0.15) is 53.0 Å². The molecule has 0 bridgehead atoms. The highest BCUT2D eigenvalue weighted by atomic mass is 32.2. The van der Waals surface area contributed by atoms with Gasteiger partial charge in [0, 0.05) is 43.9 Å². The van der Waals surface area contributed by atoms with Gasteiger partial charge in [-0.1, -0.05) is 26.0 Å². The lowest BCUT2D eigenvalue weighted by Crippen LogP contribution is -2.44. The average Bonchev–Trinajstić information content (AvgIpc) is 3.96. The van der Waals surface area contributed by atoms with E-state index in [0.29, 0.717) is 37.3 Å². The number of amides is 2. The number of nitrogens with zero attached hydrogens (tertiary/aromatic N) is 3. The number of ether oxygens (including phenoxy) is 1. The van der Waals surface area contributed by atoms with Crippen molar-refractivity contribution in [3.63, 3.8) is 0 Å².